The minimum atomic E-state index is -1.34. The van der Waals surface area contributed by atoms with Gasteiger partial charge in [-0.1, -0.05) is 38.2 Å². The minimum absolute atomic E-state index is 0.182. The van der Waals surface area contributed by atoms with Gasteiger partial charge in [0.25, 0.3) is 0 Å². The second kappa shape index (κ2) is 6.01. The molecule has 0 amide bonds. The molecule has 0 aliphatic carbocycles. The van der Waals surface area contributed by atoms with Crippen LogP contribution in [0.3, 0.4) is 0 Å². The lowest BCUT2D eigenvalue weighted by atomic mass is 10.3. The van der Waals surface area contributed by atoms with Gasteiger partial charge in [-0.2, -0.15) is 0 Å². The number of esters is 1. The highest BCUT2D eigenvalue weighted by Gasteiger charge is 2.19. The molecule has 0 fully saturated rings. The van der Waals surface area contributed by atoms with Crippen molar-refractivity contribution >= 4 is 14.0 Å². The quantitative estimate of drug-likeness (QED) is 0.399. The van der Waals surface area contributed by atoms with Gasteiger partial charge in [0, 0.05) is 6.08 Å². The molecule has 0 heterocycles. The number of ether oxygens (including phenoxy) is 1. The van der Waals surface area contributed by atoms with Crippen LogP contribution in [0.4, 0.5) is 0 Å². The van der Waals surface area contributed by atoms with E-state index < -0.39 is 8.07 Å². The molecule has 0 spiro atoms. The van der Waals surface area contributed by atoms with Crippen LogP contribution < -0.4 is 0 Å². The zero-order valence-corrected chi connectivity index (χ0v) is 11.0. The summed E-state index contributed by atoms with van der Waals surface area (Å²) < 4.78 is 4.92. The number of allylic oxidation sites excluding steroid dienone is 1. The summed E-state index contributed by atoms with van der Waals surface area (Å²) >= 11 is 0. The standard InChI is InChI=1S/C11H22O2Si/c1-6-8-10(14(3,4)5)9-11(12)13-7-2/h9H,6-8H2,1-5H3/b10-9-. The van der Waals surface area contributed by atoms with E-state index in [1.54, 1.807) is 6.08 Å². The summed E-state index contributed by atoms with van der Waals surface area (Å²) in [6, 6.07) is 0. The molecule has 82 valence electrons. The third-order valence-corrected chi connectivity index (χ3v) is 4.38. The Labute approximate surface area is 88.4 Å². The zero-order valence-electron chi connectivity index (χ0n) is 10.0. The molecular weight excluding hydrogens is 192 g/mol. The Bertz CT molecular complexity index is 214. The van der Waals surface area contributed by atoms with E-state index in [0.29, 0.717) is 6.61 Å². The van der Waals surface area contributed by atoms with Gasteiger partial charge in [0.1, 0.15) is 0 Å². The van der Waals surface area contributed by atoms with Crippen LogP contribution in [0.25, 0.3) is 0 Å². The first kappa shape index (κ1) is 13.4. The molecule has 0 aliphatic rings. The zero-order chi connectivity index (χ0) is 11.2. The topological polar surface area (TPSA) is 26.3 Å². The second-order valence-electron chi connectivity index (χ2n) is 4.42. The maximum atomic E-state index is 11.3. The number of rotatable bonds is 5. The lowest BCUT2D eigenvalue weighted by Gasteiger charge is -2.20. The fourth-order valence-corrected chi connectivity index (χ4v) is 2.81. The lowest BCUT2D eigenvalue weighted by molar-refractivity contribution is -0.137. The van der Waals surface area contributed by atoms with E-state index in [0.717, 1.165) is 12.8 Å². The Hall–Kier alpha value is -0.573. The van der Waals surface area contributed by atoms with E-state index in [2.05, 4.69) is 26.6 Å². The van der Waals surface area contributed by atoms with E-state index in [1.807, 2.05) is 6.92 Å². The molecule has 14 heavy (non-hydrogen) atoms. The minimum Gasteiger partial charge on any atom is -0.463 e. The van der Waals surface area contributed by atoms with Gasteiger partial charge in [0.2, 0.25) is 0 Å². The maximum Gasteiger partial charge on any atom is 0.330 e. The number of carbonyl (C=O) groups excluding carboxylic acids is 1. The molecule has 0 saturated carbocycles. The summed E-state index contributed by atoms with van der Waals surface area (Å²) in [6.45, 7) is 11.2. The predicted molar refractivity (Wildman–Crippen MR) is 63.0 cm³/mol. The van der Waals surface area contributed by atoms with Gasteiger partial charge in [-0.15, -0.1) is 0 Å². The van der Waals surface area contributed by atoms with Crippen LogP contribution >= 0.6 is 0 Å². The summed E-state index contributed by atoms with van der Waals surface area (Å²) in [5, 5.41) is 1.30. The van der Waals surface area contributed by atoms with Crippen molar-refractivity contribution in [2.75, 3.05) is 6.61 Å². The van der Waals surface area contributed by atoms with Crippen molar-refractivity contribution in [1.29, 1.82) is 0 Å². The van der Waals surface area contributed by atoms with Crippen molar-refractivity contribution in [3.63, 3.8) is 0 Å². The highest BCUT2D eigenvalue weighted by Crippen LogP contribution is 2.19. The molecule has 0 aliphatic heterocycles. The van der Waals surface area contributed by atoms with Gasteiger partial charge < -0.3 is 4.74 Å². The van der Waals surface area contributed by atoms with Gasteiger partial charge in [-0.25, -0.2) is 4.79 Å². The summed E-state index contributed by atoms with van der Waals surface area (Å²) in [6.07, 6.45) is 3.82. The molecule has 0 atom stereocenters. The van der Waals surface area contributed by atoms with Crippen molar-refractivity contribution in [3.05, 3.63) is 11.3 Å². The van der Waals surface area contributed by atoms with Crippen molar-refractivity contribution in [1.82, 2.24) is 0 Å². The monoisotopic (exact) mass is 214 g/mol. The van der Waals surface area contributed by atoms with Gasteiger partial charge in [-0.05, 0) is 13.3 Å². The van der Waals surface area contributed by atoms with E-state index >= 15 is 0 Å². The molecule has 3 heteroatoms. The first-order chi connectivity index (χ1) is 6.41. The van der Waals surface area contributed by atoms with Crippen LogP contribution in [0.5, 0.6) is 0 Å². The van der Waals surface area contributed by atoms with Gasteiger partial charge in [0.05, 0.1) is 14.7 Å². The molecule has 0 radical (unpaired) electrons. The third kappa shape index (κ3) is 5.22. The van der Waals surface area contributed by atoms with Gasteiger partial charge in [0.15, 0.2) is 0 Å². The molecular formula is C11H22O2Si. The smallest absolute Gasteiger partial charge is 0.330 e. The van der Waals surface area contributed by atoms with E-state index in [1.165, 1.54) is 5.20 Å². The molecule has 0 rings (SSSR count). The van der Waals surface area contributed by atoms with E-state index in [4.69, 9.17) is 4.74 Å². The predicted octanol–water partition coefficient (Wildman–Crippen LogP) is 3.15. The van der Waals surface area contributed by atoms with E-state index in [9.17, 15) is 4.79 Å². The van der Waals surface area contributed by atoms with Gasteiger partial charge >= 0.3 is 5.97 Å². The van der Waals surface area contributed by atoms with Crippen LogP contribution in [-0.2, 0) is 9.53 Å². The Balaban J connectivity index is 4.56. The maximum absolute atomic E-state index is 11.3. The molecule has 0 saturated heterocycles. The molecule has 2 nitrogen and oxygen atoms in total. The lowest BCUT2D eigenvalue weighted by Crippen LogP contribution is -2.25. The van der Waals surface area contributed by atoms with Crippen molar-refractivity contribution in [2.24, 2.45) is 0 Å². The molecule has 0 bridgehead atoms. The molecule has 0 unspecified atom stereocenters. The first-order valence-corrected chi connectivity index (χ1v) is 8.79. The Morgan fingerprint density at radius 3 is 2.21 bits per heavy atom. The van der Waals surface area contributed by atoms with Crippen LogP contribution in [0.15, 0.2) is 11.3 Å². The molecule has 0 aromatic heterocycles. The average Bonchev–Trinajstić information content (AvgIpc) is 2.02. The summed E-state index contributed by atoms with van der Waals surface area (Å²) in [4.78, 5) is 11.3. The first-order valence-electron chi connectivity index (χ1n) is 5.29. The summed E-state index contributed by atoms with van der Waals surface area (Å²) in [5.41, 5.74) is 0. The fourth-order valence-electron chi connectivity index (χ4n) is 1.26. The van der Waals surface area contributed by atoms with Crippen LogP contribution in [0, 0.1) is 0 Å². The van der Waals surface area contributed by atoms with Gasteiger partial charge in [-0.3, -0.25) is 0 Å². The summed E-state index contributed by atoms with van der Waals surface area (Å²) in [7, 11) is -1.34. The van der Waals surface area contributed by atoms with Crippen molar-refractivity contribution < 1.29 is 9.53 Å². The Kier molecular flexibility index (Phi) is 5.77. The van der Waals surface area contributed by atoms with Crippen LogP contribution in [-0.4, -0.2) is 20.7 Å². The average molecular weight is 214 g/mol. The van der Waals surface area contributed by atoms with E-state index in [-0.39, 0.29) is 5.97 Å². The molecule has 0 N–H and O–H groups in total. The van der Waals surface area contributed by atoms with Crippen LogP contribution in [0.2, 0.25) is 19.6 Å². The molecule has 0 aromatic rings. The molecule has 0 aromatic carbocycles. The normalized spacial score (nSPS) is 12.8. The Morgan fingerprint density at radius 2 is 1.86 bits per heavy atom. The second-order valence-corrected chi connectivity index (χ2v) is 9.56. The highest BCUT2D eigenvalue weighted by atomic mass is 28.3. The third-order valence-electron chi connectivity index (χ3n) is 2.06. The SMILES string of the molecule is CCC/C(=C/C(=O)OCC)[Si](C)(C)C. The Morgan fingerprint density at radius 1 is 1.29 bits per heavy atom. The number of hydrogen-bond acceptors (Lipinski definition) is 2. The van der Waals surface area contributed by atoms with Crippen LogP contribution in [0.1, 0.15) is 26.7 Å². The number of hydrogen-bond donors (Lipinski definition) is 0. The van der Waals surface area contributed by atoms with Crippen molar-refractivity contribution in [3.8, 4) is 0 Å². The van der Waals surface area contributed by atoms with Crippen molar-refractivity contribution in [2.45, 2.75) is 46.3 Å². The number of carbonyl (C=O) groups is 1. The highest BCUT2D eigenvalue weighted by molar-refractivity contribution is 6.83. The largest absolute Gasteiger partial charge is 0.463 e. The summed E-state index contributed by atoms with van der Waals surface area (Å²) in [5.74, 6) is -0.182. The fraction of sp³-hybridized carbons (Fsp3) is 0.727.